The van der Waals surface area contributed by atoms with Crippen molar-refractivity contribution in [2.24, 2.45) is 5.92 Å². The first-order chi connectivity index (χ1) is 11.1. The van der Waals surface area contributed by atoms with E-state index in [1.54, 1.807) is 0 Å². The van der Waals surface area contributed by atoms with Crippen molar-refractivity contribution >= 4 is 11.0 Å². The minimum Gasteiger partial charge on any atom is -0.400 e. The minimum atomic E-state index is -0.0994. The van der Waals surface area contributed by atoms with Gasteiger partial charge in [-0.15, -0.1) is 0 Å². The number of rotatable bonds is 3. The van der Waals surface area contributed by atoms with Crippen LogP contribution in [-0.2, 0) is 6.54 Å². The van der Waals surface area contributed by atoms with Crippen LogP contribution in [-0.4, -0.2) is 45.2 Å². The van der Waals surface area contributed by atoms with Crippen LogP contribution in [0.5, 0.6) is 0 Å². The van der Waals surface area contributed by atoms with Crippen LogP contribution < -0.4 is 5.56 Å². The number of hydrogen-bond donors (Lipinski definition) is 3. The van der Waals surface area contributed by atoms with Gasteiger partial charge in [0.2, 0.25) is 0 Å². The SMILES string of the molecule is CCC(C)C.CO.O=c1[nH]cnc2c(CN3CCCC3)c[nH]c12. The van der Waals surface area contributed by atoms with Gasteiger partial charge < -0.3 is 15.1 Å². The summed E-state index contributed by atoms with van der Waals surface area (Å²) in [6.07, 6.45) is 7.21. The molecule has 1 aliphatic heterocycles. The van der Waals surface area contributed by atoms with Gasteiger partial charge in [-0.3, -0.25) is 9.69 Å². The number of aliphatic hydroxyl groups is 1. The van der Waals surface area contributed by atoms with Crippen molar-refractivity contribution in [1.82, 2.24) is 19.9 Å². The Labute approximate surface area is 137 Å². The Morgan fingerprint density at radius 3 is 2.43 bits per heavy atom. The van der Waals surface area contributed by atoms with E-state index in [1.165, 1.54) is 25.6 Å². The number of H-pyrrole nitrogens is 2. The Balaban J connectivity index is 0.000000327. The van der Waals surface area contributed by atoms with E-state index >= 15 is 0 Å². The van der Waals surface area contributed by atoms with Crippen LogP contribution in [0.3, 0.4) is 0 Å². The average Bonchev–Trinajstić information content (AvgIpc) is 3.22. The molecule has 0 unspecified atom stereocenters. The highest BCUT2D eigenvalue weighted by atomic mass is 16.2. The second kappa shape index (κ2) is 10.2. The van der Waals surface area contributed by atoms with Gasteiger partial charge in [-0.05, 0) is 31.8 Å². The molecule has 3 rings (SSSR count). The Hall–Kier alpha value is -1.66. The zero-order chi connectivity index (χ0) is 17.2. The largest absolute Gasteiger partial charge is 0.400 e. The molecule has 0 radical (unpaired) electrons. The standard InChI is InChI=1S/C11H14N4O.C5H12.CH4O/c16-11-10-9(13-7-14-11)8(5-12-10)6-15-3-1-2-4-15;1-4-5(2)3;1-2/h5,7,12H,1-4,6H2,(H,13,14,16);5H,4H2,1-3H3;2H,1H3. The van der Waals surface area contributed by atoms with E-state index in [0.717, 1.165) is 43.7 Å². The van der Waals surface area contributed by atoms with Crippen LogP contribution in [0.2, 0.25) is 0 Å². The Morgan fingerprint density at radius 2 is 1.87 bits per heavy atom. The third-order valence-electron chi connectivity index (χ3n) is 3.96. The Morgan fingerprint density at radius 1 is 1.26 bits per heavy atom. The summed E-state index contributed by atoms with van der Waals surface area (Å²) in [6.45, 7) is 9.83. The van der Waals surface area contributed by atoms with Gasteiger partial charge in [0.05, 0.1) is 11.8 Å². The molecular weight excluding hydrogens is 292 g/mol. The predicted octanol–water partition coefficient (Wildman–Crippen LogP) is 2.51. The number of aromatic nitrogens is 3. The lowest BCUT2D eigenvalue weighted by molar-refractivity contribution is 0.332. The predicted molar refractivity (Wildman–Crippen MR) is 94.5 cm³/mol. The zero-order valence-electron chi connectivity index (χ0n) is 14.7. The molecule has 6 nitrogen and oxygen atoms in total. The quantitative estimate of drug-likeness (QED) is 0.810. The molecular formula is C17H30N4O2. The topological polar surface area (TPSA) is 85.0 Å². The first-order valence-electron chi connectivity index (χ1n) is 8.32. The molecule has 1 aliphatic rings. The van der Waals surface area contributed by atoms with Crippen molar-refractivity contribution in [3.05, 3.63) is 28.4 Å². The molecule has 23 heavy (non-hydrogen) atoms. The van der Waals surface area contributed by atoms with Crippen molar-refractivity contribution in [2.75, 3.05) is 20.2 Å². The molecule has 1 saturated heterocycles. The summed E-state index contributed by atoms with van der Waals surface area (Å²) in [5.74, 6) is 0.884. The van der Waals surface area contributed by atoms with Gasteiger partial charge in [-0.2, -0.15) is 0 Å². The van der Waals surface area contributed by atoms with Gasteiger partial charge in [-0.1, -0.05) is 27.2 Å². The first kappa shape index (κ1) is 19.4. The van der Waals surface area contributed by atoms with Crippen LogP contribution in [0, 0.1) is 5.92 Å². The molecule has 3 heterocycles. The van der Waals surface area contributed by atoms with E-state index in [4.69, 9.17) is 5.11 Å². The highest BCUT2D eigenvalue weighted by molar-refractivity contribution is 5.77. The highest BCUT2D eigenvalue weighted by Crippen LogP contribution is 2.17. The normalized spacial score (nSPS) is 14.3. The molecule has 0 atom stereocenters. The average molecular weight is 322 g/mol. The monoisotopic (exact) mass is 322 g/mol. The van der Waals surface area contributed by atoms with Crippen molar-refractivity contribution in [3.63, 3.8) is 0 Å². The maximum atomic E-state index is 11.5. The van der Waals surface area contributed by atoms with Crippen LogP contribution in [0.4, 0.5) is 0 Å². The lowest BCUT2D eigenvalue weighted by atomic mass is 10.2. The van der Waals surface area contributed by atoms with Gasteiger partial charge in [-0.25, -0.2) is 4.98 Å². The zero-order valence-corrected chi connectivity index (χ0v) is 14.7. The molecule has 3 N–H and O–H groups in total. The molecule has 0 saturated carbocycles. The van der Waals surface area contributed by atoms with Crippen LogP contribution >= 0.6 is 0 Å². The smallest absolute Gasteiger partial charge is 0.275 e. The molecule has 0 amide bonds. The van der Waals surface area contributed by atoms with Crippen molar-refractivity contribution in [1.29, 1.82) is 0 Å². The van der Waals surface area contributed by atoms with Crippen LogP contribution in [0.25, 0.3) is 11.0 Å². The van der Waals surface area contributed by atoms with Gasteiger partial charge in [0, 0.05) is 25.4 Å². The third kappa shape index (κ3) is 5.80. The number of aromatic amines is 2. The minimum absolute atomic E-state index is 0.0994. The summed E-state index contributed by atoms with van der Waals surface area (Å²) in [5.41, 5.74) is 2.40. The van der Waals surface area contributed by atoms with Crippen molar-refractivity contribution in [2.45, 2.75) is 46.6 Å². The third-order valence-corrected chi connectivity index (χ3v) is 3.96. The fraction of sp³-hybridized carbons (Fsp3) is 0.647. The van der Waals surface area contributed by atoms with Crippen LogP contribution in [0.1, 0.15) is 45.6 Å². The lowest BCUT2D eigenvalue weighted by Gasteiger charge is -2.12. The van der Waals surface area contributed by atoms with Gasteiger partial charge >= 0.3 is 0 Å². The number of fused-ring (bicyclic) bond motifs is 1. The molecule has 0 spiro atoms. The fourth-order valence-electron chi connectivity index (χ4n) is 2.31. The number of aliphatic hydroxyl groups excluding tert-OH is 1. The van der Waals surface area contributed by atoms with Crippen LogP contribution in [0.15, 0.2) is 17.3 Å². The number of likely N-dealkylation sites (tertiary alicyclic amines) is 1. The molecule has 6 heteroatoms. The highest BCUT2D eigenvalue weighted by Gasteiger charge is 2.15. The summed E-state index contributed by atoms with van der Waals surface area (Å²) in [5, 5.41) is 7.00. The lowest BCUT2D eigenvalue weighted by Crippen LogP contribution is -2.18. The number of nitrogens with one attached hydrogen (secondary N) is 2. The molecule has 130 valence electrons. The van der Waals surface area contributed by atoms with E-state index in [-0.39, 0.29) is 5.56 Å². The molecule has 0 bridgehead atoms. The Bertz CT molecular complexity index is 612. The van der Waals surface area contributed by atoms with E-state index in [1.807, 2.05) is 6.20 Å². The van der Waals surface area contributed by atoms with Gasteiger partial charge in [0.1, 0.15) is 5.52 Å². The second-order valence-electron chi connectivity index (χ2n) is 6.05. The molecule has 0 aliphatic carbocycles. The van der Waals surface area contributed by atoms with Crippen molar-refractivity contribution < 1.29 is 5.11 Å². The molecule has 2 aromatic heterocycles. The maximum Gasteiger partial charge on any atom is 0.275 e. The summed E-state index contributed by atoms with van der Waals surface area (Å²) in [4.78, 5) is 23.7. The molecule has 1 fully saturated rings. The summed E-state index contributed by atoms with van der Waals surface area (Å²) in [6, 6.07) is 0. The number of hydrogen-bond acceptors (Lipinski definition) is 4. The summed E-state index contributed by atoms with van der Waals surface area (Å²) >= 11 is 0. The van der Waals surface area contributed by atoms with Gasteiger partial charge in [0.25, 0.3) is 5.56 Å². The van der Waals surface area contributed by atoms with E-state index in [0.29, 0.717) is 5.52 Å². The second-order valence-corrected chi connectivity index (χ2v) is 6.05. The van der Waals surface area contributed by atoms with E-state index in [2.05, 4.69) is 40.6 Å². The van der Waals surface area contributed by atoms with E-state index in [9.17, 15) is 4.79 Å². The maximum absolute atomic E-state index is 11.5. The molecule has 0 aromatic carbocycles. The van der Waals surface area contributed by atoms with Crippen molar-refractivity contribution in [3.8, 4) is 0 Å². The molecule has 2 aromatic rings. The summed E-state index contributed by atoms with van der Waals surface area (Å²) < 4.78 is 0. The Kier molecular flexibility index (Phi) is 8.58. The fourth-order valence-corrected chi connectivity index (χ4v) is 2.31. The van der Waals surface area contributed by atoms with Gasteiger partial charge in [0.15, 0.2) is 0 Å². The first-order valence-corrected chi connectivity index (χ1v) is 8.32. The number of nitrogens with zero attached hydrogens (tertiary/aromatic N) is 2. The summed E-state index contributed by atoms with van der Waals surface area (Å²) in [7, 11) is 1.00. The van der Waals surface area contributed by atoms with E-state index < -0.39 is 0 Å².